The lowest BCUT2D eigenvalue weighted by Gasteiger charge is -2.09. The Kier molecular flexibility index (Phi) is 4.62. The first-order chi connectivity index (χ1) is 7.99. The number of aromatic nitrogens is 1. The van der Waals surface area contributed by atoms with Crippen molar-refractivity contribution in [3.05, 3.63) is 23.0 Å². The molecule has 4 nitrogen and oxygen atoms in total. The van der Waals surface area contributed by atoms with Crippen molar-refractivity contribution in [3.8, 4) is 5.75 Å². The van der Waals surface area contributed by atoms with Gasteiger partial charge in [0.05, 0.1) is 19.2 Å². The van der Waals surface area contributed by atoms with Gasteiger partial charge in [0.2, 0.25) is 0 Å². The molecule has 94 valence electrons. The van der Waals surface area contributed by atoms with Gasteiger partial charge in [0, 0.05) is 5.88 Å². The van der Waals surface area contributed by atoms with Crippen LogP contribution in [-0.4, -0.2) is 23.2 Å². The second kappa shape index (κ2) is 5.77. The van der Waals surface area contributed by atoms with Crippen LogP contribution in [0.1, 0.15) is 23.4 Å². The van der Waals surface area contributed by atoms with Crippen molar-refractivity contribution in [1.82, 2.24) is 4.98 Å². The molecule has 1 aromatic rings. The van der Waals surface area contributed by atoms with Gasteiger partial charge in [-0.25, -0.2) is 13.8 Å². The highest BCUT2D eigenvalue weighted by molar-refractivity contribution is 6.17. The van der Waals surface area contributed by atoms with E-state index in [2.05, 4.69) is 9.72 Å². The summed E-state index contributed by atoms with van der Waals surface area (Å²) in [5.74, 6) is -1.22. The van der Waals surface area contributed by atoms with Crippen LogP contribution in [0.3, 0.4) is 0 Å². The molecule has 0 unspecified atom stereocenters. The summed E-state index contributed by atoms with van der Waals surface area (Å²) in [6.07, 6.45) is -3.19. The summed E-state index contributed by atoms with van der Waals surface area (Å²) in [6.45, 7) is 0. The molecule has 0 aliphatic rings. The molecule has 1 heterocycles. The first-order valence-corrected chi connectivity index (χ1v) is 5.15. The van der Waals surface area contributed by atoms with Gasteiger partial charge in [0.1, 0.15) is 11.4 Å². The van der Waals surface area contributed by atoms with Gasteiger partial charge in [0.25, 0.3) is 6.43 Å². The number of carbonyl (C=O) groups is 1. The third-order valence-corrected chi connectivity index (χ3v) is 2.37. The van der Waals surface area contributed by atoms with E-state index in [9.17, 15) is 18.7 Å². The Bertz CT molecular complexity index is 426. The van der Waals surface area contributed by atoms with Crippen molar-refractivity contribution in [1.29, 1.82) is 0 Å². The highest BCUT2D eigenvalue weighted by Gasteiger charge is 2.19. The number of aromatic hydroxyl groups is 1. The smallest absolute Gasteiger partial charge is 0.311 e. The molecule has 0 fully saturated rings. The van der Waals surface area contributed by atoms with Crippen molar-refractivity contribution < 1.29 is 23.4 Å². The molecule has 0 aliphatic heterocycles. The summed E-state index contributed by atoms with van der Waals surface area (Å²) >= 11 is 5.46. The van der Waals surface area contributed by atoms with E-state index in [1.807, 2.05) is 0 Å². The van der Waals surface area contributed by atoms with E-state index in [-0.39, 0.29) is 29.3 Å². The molecule has 1 aromatic heterocycles. The van der Waals surface area contributed by atoms with Crippen LogP contribution in [0.15, 0.2) is 6.07 Å². The van der Waals surface area contributed by atoms with Crippen molar-refractivity contribution in [2.24, 2.45) is 0 Å². The Balaban J connectivity index is 3.15. The molecule has 0 spiro atoms. The fourth-order valence-electron chi connectivity index (χ4n) is 1.23. The zero-order valence-electron chi connectivity index (χ0n) is 8.91. The van der Waals surface area contributed by atoms with E-state index < -0.39 is 18.1 Å². The van der Waals surface area contributed by atoms with Crippen LogP contribution < -0.4 is 0 Å². The molecule has 0 saturated carbocycles. The number of esters is 1. The molecule has 1 N–H and O–H groups in total. The molecule has 0 atom stereocenters. The van der Waals surface area contributed by atoms with E-state index in [1.54, 1.807) is 0 Å². The maximum Gasteiger partial charge on any atom is 0.311 e. The van der Waals surface area contributed by atoms with Gasteiger partial charge in [-0.15, -0.1) is 11.6 Å². The SMILES string of the molecule is COC(=O)Cc1nc(C(F)F)c(CCl)cc1O. The Morgan fingerprint density at radius 1 is 1.65 bits per heavy atom. The van der Waals surface area contributed by atoms with Gasteiger partial charge >= 0.3 is 5.97 Å². The first kappa shape index (κ1) is 13.6. The molecule has 0 bridgehead atoms. The molecule has 0 radical (unpaired) electrons. The zero-order chi connectivity index (χ0) is 13.0. The van der Waals surface area contributed by atoms with Crippen molar-refractivity contribution in [3.63, 3.8) is 0 Å². The largest absolute Gasteiger partial charge is 0.506 e. The monoisotopic (exact) mass is 265 g/mol. The number of hydrogen-bond donors (Lipinski definition) is 1. The Morgan fingerprint density at radius 3 is 2.76 bits per heavy atom. The summed E-state index contributed by atoms with van der Waals surface area (Å²) in [7, 11) is 1.15. The van der Waals surface area contributed by atoms with Crippen LogP contribution in [-0.2, 0) is 21.8 Å². The van der Waals surface area contributed by atoms with E-state index in [0.717, 1.165) is 13.2 Å². The third kappa shape index (κ3) is 3.26. The van der Waals surface area contributed by atoms with E-state index in [1.165, 1.54) is 0 Å². The average molecular weight is 266 g/mol. The predicted molar refractivity (Wildman–Crippen MR) is 56.1 cm³/mol. The number of rotatable bonds is 4. The maximum atomic E-state index is 12.6. The quantitative estimate of drug-likeness (QED) is 0.670. The highest BCUT2D eigenvalue weighted by Crippen LogP contribution is 2.27. The van der Waals surface area contributed by atoms with Gasteiger partial charge in [-0.2, -0.15) is 0 Å². The Labute approximate surface area is 101 Å². The molecule has 17 heavy (non-hydrogen) atoms. The van der Waals surface area contributed by atoms with Crippen molar-refractivity contribution in [2.75, 3.05) is 7.11 Å². The van der Waals surface area contributed by atoms with Gasteiger partial charge in [-0.1, -0.05) is 0 Å². The third-order valence-electron chi connectivity index (χ3n) is 2.08. The summed E-state index contributed by atoms with van der Waals surface area (Å²) in [5, 5.41) is 9.50. The van der Waals surface area contributed by atoms with Crippen molar-refractivity contribution in [2.45, 2.75) is 18.7 Å². The fraction of sp³-hybridized carbons (Fsp3) is 0.400. The molecular weight excluding hydrogens is 256 g/mol. The second-order valence-corrected chi connectivity index (χ2v) is 3.45. The van der Waals surface area contributed by atoms with Gasteiger partial charge in [0.15, 0.2) is 0 Å². The first-order valence-electron chi connectivity index (χ1n) is 4.62. The Morgan fingerprint density at radius 2 is 2.29 bits per heavy atom. The molecule has 0 saturated heterocycles. The minimum Gasteiger partial charge on any atom is -0.506 e. The predicted octanol–water partition coefficient (Wildman–Crippen LogP) is 2.18. The lowest BCUT2D eigenvalue weighted by molar-refractivity contribution is -0.139. The van der Waals surface area contributed by atoms with E-state index >= 15 is 0 Å². The lowest BCUT2D eigenvalue weighted by Crippen LogP contribution is -2.09. The van der Waals surface area contributed by atoms with Gasteiger partial charge in [-0.3, -0.25) is 4.79 Å². The summed E-state index contributed by atoms with van der Waals surface area (Å²) in [5.41, 5.74) is -0.648. The molecule has 0 aromatic carbocycles. The molecule has 1 rings (SSSR count). The van der Waals surface area contributed by atoms with Crippen LogP contribution in [0.4, 0.5) is 8.78 Å². The fourth-order valence-corrected chi connectivity index (χ4v) is 1.45. The summed E-state index contributed by atoms with van der Waals surface area (Å²) in [4.78, 5) is 14.5. The molecule has 0 amide bonds. The Hall–Kier alpha value is -1.43. The zero-order valence-corrected chi connectivity index (χ0v) is 9.67. The lowest BCUT2D eigenvalue weighted by atomic mass is 10.1. The van der Waals surface area contributed by atoms with Crippen LogP contribution >= 0.6 is 11.6 Å². The molecular formula is C10H10ClF2NO3. The number of ether oxygens (including phenoxy) is 1. The maximum absolute atomic E-state index is 12.6. The summed E-state index contributed by atoms with van der Waals surface area (Å²) in [6, 6.07) is 1.08. The number of alkyl halides is 3. The van der Waals surface area contributed by atoms with E-state index in [0.29, 0.717) is 0 Å². The summed E-state index contributed by atoms with van der Waals surface area (Å²) < 4.78 is 29.6. The van der Waals surface area contributed by atoms with Gasteiger partial charge < -0.3 is 9.84 Å². The number of nitrogens with zero attached hydrogens (tertiary/aromatic N) is 1. The topological polar surface area (TPSA) is 59.4 Å². The minimum absolute atomic E-state index is 0.0350. The highest BCUT2D eigenvalue weighted by atomic mass is 35.5. The molecule has 0 aliphatic carbocycles. The van der Waals surface area contributed by atoms with Gasteiger partial charge in [-0.05, 0) is 11.6 Å². The average Bonchev–Trinajstić information content (AvgIpc) is 2.30. The van der Waals surface area contributed by atoms with Crippen LogP contribution in [0.5, 0.6) is 5.75 Å². The number of pyridine rings is 1. The van der Waals surface area contributed by atoms with Crippen LogP contribution in [0.2, 0.25) is 0 Å². The number of methoxy groups -OCH3 is 1. The standard InChI is InChI=1S/C10H10ClF2NO3/c1-17-8(16)3-6-7(15)2-5(4-11)9(14-6)10(12)13/h2,10,15H,3-4H2,1H3. The van der Waals surface area contributed by atoms with Crippen molar-refractivity contribution >= 4 is 17.6 Å². The second-order valence-electron chi connectivity index (χ2n) is 3.19. The molecule has 7 heteroatoms. The normalized spacial score (nSPS) is 10.6. The van der Waals surface area contributed by atoms with E-state index in [4.69, 9.17) is 11.6 Å². The number of halogens is 3. The minimum atomic E-state index is -2.82. The van der Waals surface area contributed by atoms with Crippen LogP contribution in [0, 0.1) is 0 Å². The number of carbonyl (C=O) groups excluding carboxylic acids is 1. The number of hydrogen-bond acceptors (Lipinski definition) is 4. The van der Waals surface area contributed by atoms with Crippen LogP contribution in [0.25, 0.3) is 0 Å².